The van der Waals surface area contributed by atoms with Gasteiger partial charge in [0.25, 0.3) is 0 Å². The van der Waals surface area contributed by atoms with Gasteiger partial charge in [-0.05, 0) is 50.4 Å². The number of Topliss-reactive ketones (excluding diaryl/α,β-unsaturated/α-hetero) is 1. The summed E-state index contributed by atoms with van der Waals surface area (Å²) in [4.78, 5) is 23.1. The van der Waals surface area contributed by atoms with Crippen molar-refractivity contribution in [1.29, 1.82) is 0 Å². The van der Waals surface area contributed by atoms with Crippen molar-refractivity contribution >= 4 is 24.4 Å². The maximum Gasteiger partial charge on any atom is 0.305 e. The van der Waals surface area contributed by atoms with Gasteiger partial charge in [0.15, 0.2) is 0 Å². The zero-order chi connectivity index (χ0) is 19.4. The van der Waals surface area contributed by atoms with Gasteiger partial charge in [-0.2, -0.15) is 12.6 Å². The summed E-state index contributed by atoms with van der Waals surface area (Å²) in [6, 6.07) is 0. The Balaban J connectivity index is 2.36. The van der Waals surface area contributed by atoms with Gasteiger partial charge in [-0.15, -0.1) is 0 Å². The SMILES string of the molecule is CCCCCC(=O)CC[C@@H]1C(CC=CCCCC(=O)OC)[C@@H](O)C[C@H]1S. The molecule has 0 bridgehead atoms. The minimum atomic E-state index is -0.336. The number of unbranched alkanes of at least 4 members (excludes halogenated alkanes) is 3. The van der Waals surface area contributed by atoms with Gasteiger partial charge in [0, 0.05) is 24.5 Å². The second-order valence-corrected chi connectivity index (χ2v) is 8.07. The first-order valence-electron chi connectivity index (χ1n) is 10.1. The van der Waals surface area contributed by atoms with E-state index >= 15 is 0 Å². The summed E-state index contributed by atoms with van der Waals surface area (Å²) in [5, 5.41) is 10.5. The Kier molecular flexibility index (Phi) is 11.9. The van der Waals surface area contributed by atoms with Crippen LogP contribution in [0.4, 0.5) is 0 Å². The molecule has 1 saturated carbocycles. The highest BCUT2D eigenvalue weighted by atomic mass is 32.1. The Morgan fingerprint density at radius 1 is 1.12 bits per heavy atom. The molecule has 0 radical (unpaired) electrons. The second-order valence-electron chi connectivity index (χ2n) is 7.41. The second kappa shape index (κ2) is 13.4. The summed E-state index contributed by atoms with van der Waals surface area (Å²) in [7, 11) is 1.40. The van der Waals surface area contributed by atoms with Crippen molar-refractivity contribution < 1.29 is 19.4 Å². The average Bonchev–Trinajstić information content (AvgIpc) is 2.89. The molecular formula is C21H36O4S. The summed E-state index contributed by atoms with van der Waals surface area (Å²) < 4.78 is 4.62. The van der Waals surface area contributed by atoms with Crippen LogP contribution >= 0.6 is 12.6 Å². The molecule has 1 rings (SSSR count). The molecule has 26 heavy (non-hydrogen) atoms. The maximum atomic E-state index is 12.0. The first kappa shape index (κ1) is 23.2. The number of methoxy groups -OCH3 is 1. The highest BCUT2D eigenvalue weighted by Gasteiger charge is 2.39. The highest BCUT2D eigenvalue weighted by Crippen LogP contribution is 2.41. The first-order valence-corrected chi connectivity index (χ1v) is 10.6. The molecule has 4 atom stereocenters. The van der Waals surface area contributed by atoms with E-state index in [0.717, 1.165) is 44.9 Å². The van der Waals surface area contributed by atoms with E-state index in [0.29, 0.717) is 37.4 Å². The van der Waals surface area contributed by atoms with Crippen molar-refractivity contribution in [2.24, 2.45) is 11.8 Å². The number of rotatable bonds is 13. The molecule has 0 heterocycles. The third kappa shape index (κ3) is 8.72. The summed E-state index contributed by atoms with van der Waals surface area (Å²) in [5.41, 5.74) is 0. The minimum absolute atomic E-state index is 0.172. The highest BCUT2D eigenvalue weighted by molar-refractivity contribution is 7.81. The lowest BCUT2D eigenvalue weighted by molar-refractivity contribution is -0.140. The van der Waals surface area contributed by atoms with Crippen molar-refractivity contribution in [3.63, 3.8) is 0 Å². The first-order chi connectivity index (χ1) is 12.5. The standard InChI is InChI=1S/C21H36O4S/c1-3-4-7-10-16(22)13-14-18-17(19(23)15-20(18)26)11-8-5-6-9-12-21(24)25-2/h5,8,17-20,23,26H,3-4,6-7,9-15H2,1-2H3/t17?,18-,19+,20-/m1/s1. The number of ether oxygens (including phenoxy) is 1. The summed E-state index contributed by atoms with van der Waals surface area (Å²) in [5.74, 6) is 0.643. The zero-order valence-corrected chi connectivity index (χ0v) is 17.3. The molecule has 0 aromatic heterocycles. The molecule has 0 aliphatic heterocycles. The molecule has 0 aromatic carbocycles. The molecule has 1 N–H and O–H groups in total. The van der Waals surface area contributed by atoms with E-state index in [9.17, 15) is 14.7 Å². The molecule has 0 aromatic rings. The molecular weight excluding hydrogens is 348 g/mol. The molecule has 0 saturated heterocycles. The largest absolute Gasteiger partial charge is 0.469 e. The molecule has 1 unspecified atom stereocenters. The molecule has 1 aliphatic rings. The van der Waals surface area contributed by atoms with Crippen LogP contribution in [0.2, 0.25) is 0 Å². The van der Waals surface area contributed by atoms with E-state index in [4.69, 9.17) is 0 Å². The lowest BCUT2D eigenvalue weighted by atomic mass is 9.86. The van der Waals surface area contributed by atoms with Gasteiger partial charge < -0.3 is 9.84 Å². The Labute approximate surface area is 164 Å². The third-order valence-electron chi connectivity index (χ3n) is 5.39. The summed E-state index contributed by atoms with van der Waals surface area (Å²) in [6.07, 6.45) is 12.8. The lowest BCUT2D eigenvalue weighted by Gasteiger charge is -2.22. The van der Waals surface area contributed by atoms with Crippen LogP contribution in [0.1, 0.15) is 77.6 Å². The molecule has 1 aliphatic carbocycles. The van der Waals surface area contributed by atoms with Crippen LogP contribution in [0.3, 0.4) is 0 Å². The Morgan fingerprint density at radius 3 is 2.58 bits per heavy atom. The number of ketones is 1. The van der Waals surface area contributed by atoms with E-state index in [-0.39, 0.29) is 23.2 Å². The predicted molar refractivity (Wildman–Crippen MR) is 108 cm³/mol. The monoisotopic (exact) mass is 384 g/mol. The van der Waals surface area contributed by atoms with Crippen LogP contribution in [0.5, 0.6) is 0 Å². The summed E-state index contributed by atoms with van der Waals surface area (Å²) >= 11 is 4.66. The number of carbonyl (C=O) groups is 2. The van der Waals surface area contributed by atoms with Crippen LogP contribution < -0.4 is 0 Å². The Morgan fingerprint density at radius 2 is 1.88 bits per heavy atom. The number of carbonyl (C=O) groups excluding carboxylic acids is 2. The predicted octanol–water partition coefficient (Wildman–Crippen LogP) is 4.50. The van der Waals surface area contributed by atoms with Crippen LogP contribution in [0, 0.1) is 11.8 Å². The smallest absolute Gasteiger partial charge is 0.305 e. The van der Waals surface area contributed by atoms with Crippen LogP contribution in [0.25, 0.3) is 0 Å². The van der Waals surface area contributed by atoms with Gasteiger partial charge in [0.1, 0.15) is 5.78 Å². The number of thiol groups is 1. The van der Waals surface area contributed by atoms with Crippen LogP contribution in [-0.4, -0.2) is 35.3 Å². The molecule has 4 nitrogen and oxygen atoms in total. The molecule has 5 heteroatoms. The normalized spacial score (nSPS) is 25.7. The number of hydrogen-bond acceptors (Lipinski definition) is 5. The van der Waals surface area contributed by atoms with E-state index < -0.39 is 0 Å². The Bertz CT molecular complexity index is 449. The maximum absolute atomic E-state index is 12.0. The average molecular weight is 385 g/mol. The fraction of sp³-hybridized carbons (Fsp3) is 0.810. The van der Waals surface area contributed by atoms with E-state index in [1.807, 2.05) is 0 Å². The number of aliphatic hydroxyl groups excluding tert-OH is 1. The number of allylic oxidation sites excluding steroid dienone is 2. The lowest BCUT2D eigenvalue weighted by Crippen LogP contribution is -2.21. The van der Waals surface area contributed by atoms with Gasteiger partial charge in [-0.1, -0.05) is 31.9 Å². The zero-order valence-electron chi connectivity index (χ0n) is 16.4. The van der Waals surface area contributed by atoms with Crippen LogP contribution in [0.15, 0.2) is 12.2 Å². The van der Waals surface area contributed by atoms with Gasteiger partial charge in [0.2, 0.25) is 0 Å². The minimum Gasteiger partial charge on any atom is -0.469 e. The quantitative estimate of drug-likeness (QED) is 0.212. The van der Waals surface area contributed by atoms with Crippen molar-refractivity contribution in [3.8, 4) is 0 Å². The topological polar surface area (TPSA) is 63.6 Å². The number of hydrogen-bond donors (Lipinski definition) is 2. The number of aliphatic hydroxyl groups is 1. The van der Waals surface area contributed by atoms with Gasteiger partial charge >= 0.3 is 5.97 Å². The van der Waals surface area contributed by atoms with Crippen molar-refractivity contribution in [3.05, 3.63) is 12.2 Å². The molecule has 1 fully saturated rings. The van der Waals surface area contributed by atoms with Gasteiger partial charge in [-0.25, -0.2) is 0 Å². The van der Waals surface area contributed by atoms with Gasteiger partial charge in [-0.3, -0.25) is 9.59 Å². The van der Waals surface area contributed by atoms with E-state index in [1.165, 1.54) is 7.11 Å². The fourth-order valence-corrected chi connectivity index (χ4v) is 4.35. The molecule has 0 spiro atoms. The summed E-state index contributed by atoms with van der Waals surface area (Å²) in [6.45, 7) is 2.14. The number of esters is 1. The Hall–Kier alpha value is -0.810. The van der Waals surface area contributed by atoms with Crippen LogP contribution in [-0.2, 0) is 14.3 Å². The van der Waals surface area contributed by atoms with Gasteiger partial charge in [0.05, 0.1) is 13.2 Å². The molecule has 0 amide bonds. The third-order valence-corrected chi connectivity index (χ3v) is 5.99. The fourth-order valence-electron chi connectivity index (χ4n) is 3.77. The van der Waals surface area contributed by atoms with Crippen molar-refractivity contribution in [2.75, 3.05) is 7.11 Å². The van der Waals surface area contributed by atoms with Crippen molar-refractivity contribution in [2.45, 2.75) is 88.9 Å². The molecule has 150 valence electrons. The van der Waals surface area contributed by atoms with E-state index in [2.05, 4.69) is 36.4 Å². The van der Waals surface area contributed by atoms with Crippen molar-refractivity contribution in [1.82, 2.24) is 0 Å². The van der Waals surface area contributed by atoms with E-state index in [1.54, 1.807) is 0 Å².